The van der Waals surface area contributed by atoms with Crippen molar-refractivity contribution in [3.8, 4) is 22.6 Å². The summed E-state index contributed by atoms with van der Waals surface area (Å²) in [5.74, 6) is 2.45. The highest BCUT2D eigenvalue weighted by Gasteiger charge is 2.20. The number of carbonyl (C=O) groups is 1. The zero-order valence-electron chi connectivity index (χ0n) is 23.2. The van der Waals surface area contributed by atoms with Crippen LogP contribution in [0.15, 0.2) is 42.5 Å². The Labute approximate surface area is 224 Å². The fourth-order valence-electron chi connectivity index (χ4n) is 5.62. The first-order chi connectivity index (χ1) is 18.1. The number of ether oxygens (including phenoxy) is 2. The number of aromatic carboxylic acids is 1. The van der Waals surface area contributed by atoms with E-state index in [1.54, 1.807) is 12.1 Å². The predicted octanol–water partition coefficient (Wildman–Crippen LogP) is 9.56. The molecule has 1 fully saturated rings. The highest BCUT2D eigenvalue weighted by atomic mass is 16.5. The van der Waals surface area contributed by atoms with Crippen LogP contribution in [0.5, 0.6) is 11.5 Å². The van der Waals surface area contributed by atoms with Gasteiger partial charge in [-0.2, -0.15) is 0 Å². The van der Waals surface area contributed by atoms with Crippen molar-refractivity contribution >= 4 is 5.97 Å². The summed E-state index contributed by atoms with van der Waals surface area (Å²) >= 11 is 0. The topological polar surface area (TPSA) is 55.8 Å². The molecule has 1 aliphatic carbocycles. The zero-order valence-corrected chi connectivity index (χ0v) is 23.2. The van der Waals surface area contributed by atoms with Crippen LogP contribution in [0.2, 0.25) is 0 Å². The second-order valence-corrected chi connectivity index (χ2v) is 10.8. The van der Waals surface area contributed by atoms with Crippen molar-refractivity contribution in [3.63, 3.8) is 0 Å². The van der Waals surface area contributed by atoms with E-state index in [2.05, 4.69) is 13.8 Å². The maximum absolute atomic E-state index is 11.8. The van der Waals surface area contributed by atoms with E-state index in [1.807, 2.05) is 30.3 Å². The third-order valence-electron chi connectivity index (χ3n) is 7.84. The summed E-state index contributed by atoms with van der Waals surface area (Å²) < 4.78 is 12.0. The van der Waals surface area contributed by atoms with Gasteiger partial charge in [0.25, 0.3) is 0 Å². The van der Waals surface area contributed by atoms with Crippen molar-refractivity contribution in [3.05, 3.63) is 48.0 Å². The summed E-state index contributed by atoms with van der Waals surface area (Å²) in [6.45, 7) is 5.91. The molecule has 0 spiro atoms. The lowest BCUT2D eigenvalue weighted by molar-refractivity contribution is 0.0697. The van der Waals surface area contributed by atoms with Crippen molar-refractivity contribution in [2.24, 2.45) is 11.8 Å². The van der Waals surface area contributed by atoms with Gasteiger partial charge >= 0.3 is 5.97 Å². The van der Waals surface area contributed by atoms with Crippen molar-refractivity contribution in [2.45, 2.75) is 104 Å². The summed E-state index contributed by atoms with van der Waals surface area (Å²) in [7, 11) is 0. The van der Waals surface area contributed by atoms with Gasteiger partial charge in [-0.1, -0.05) is 96.6 Å². The molecular formula is C33H48O4. The highest BCUT2D eigenvalue weighted by Crippen LogP contribution is 2.34. The lowest BCUT2D eigenvalue weighted by Crippen LogP contribution is -2.15. The van der Waals surface area contributed by atoms with Crippen LogP contribution in [0.25, 0.3) is 11.1 Å². The Balaban J connectivity index is 1.47. The third-order valence-corrected chi connectivity index (χ3v) is 7.84. The highest BCUT2D eigenvalue weighted by molar-refractivity contribution is 5.96. The summed E-state index contributed by atoms with van der Waals surface area (Å²) in [5.41, 5.74) is 1.83. The molecule has 1 N–H and O–H groups in total. The molecule has 2 aromatic rings. The zero-order chi connectivity index (χ0) is 26.3. The van der Waals surface area contributed by atoms with E-state index >= 15 is 0 Å². The average molecular weight is 509 g/mol. The van der Waals surface area contributed by atoms with Gasteiger partial charge in [-0.25, -0.2) is 4.79 Å². The largest absolute Gasteiger partial charge is 0.494 e. The van der Waals surface area contributed by atoms with Crippen LogP contribution in [0.1, 0.15) is 114 Å². The maximum Gasteiger partial charge on any atom is 0.336 e. The van der Waals surface area contributed by atoms with Crippen molar-refractivity contribution < 1.29 is 19.4 Å². The standard InChI is InChI=1S/C33H48O4/c1-3-5-6-7-8-9-23-37-30-21-22-31(33(34)35)32(25-30)28-17-19-29(20-18-28)36-24-10-12-27-15-13-26(11-4-2)14-16-27/h17-22,25-27H,3-16,23-24H2,1-2H3,(H,34,35). The van der Waals surface area contributed by atoms with Crippen molar-refractivity contribution in [1.29, 1.82) is 0 Å². The van der Waals surface area contributed by atoms with Gasteiger partial charge in [0, 0.05) is 0 Å². The molecule has 4 heteroatoms. The first kappa shape index (κ1) is 29.1. The SMILES string of the molecule is CCCCCCCCOc1ccc(C(=O)O)c(-c2ccc(OCCCC3CCC(CCC)CC3)cc2)c1. The van der Waals surface area contributed by atoms with Crippen LogP contribution >= 0.6 is 0 Å². The molecule has 0 radical (unpaired) electrons. The number of carboxylic acid groups (broad SMARTS) is 1. The Hall–Kier alpha value is -2.49. The molecule has 204 valence electrons. The molecule has 0 heterocycles. The number of hydrogen-bond acceptors (Lipinski definition) is 3. The van der Waals surface area contributed by atoms with E-state index in [9.17, 15) is 9.90 Å². The molecule has 0 aromatic heterocycles. The van der Waals surface area contributed by atoms with E-state index in [-0.39, 0.29) is 5.56 Å². The molecule has 1 aliphatic rings. The Morgan fingerprint density at radius 3 is 2.00 bits per heavy atom. The minimum absolute atomic E-state index is 0.286. The third kappa shape index (κ3) is 10.1. The molecule has 37 heavy (non-hydrogen) atoms. The molecule has 0 amide bonds. The van der Waals surface area contributed by atoms with Crippen LogP contribution in [0.4, 0.5) is 0 Å². The monoisotopic (exact) mass is 508 g/mol. The molecule has 2 aromatic carbocycles. The summed E-state index contributed by atoms with van der Waals surface area (Å²) in [6, 6.07) is 13.0. The molecule has 0 aliphatic heterocycles. The molecule has 1 saturated carbocycles. The average Bonchev–Trinajstić information content (AvgIpc) is 2.92. The second kappa shape index (κ2) is 16.4. The van der Waals surface area contributed by atoms with E-state index in [4.69, 9.17) is 9.47 Å². The minimum atomic E-state index is -0.929. The van der Waals surface area contributed by atoms with Crippen LogP contribution in [0, 0.1) is 11.8 Å². The number of rotatable bonds is 17. The lowest BCUT2D eigenvalue weighted by atomic mass is 9.78. The fourth-order valence-corrected chi connectivity index (χ4v) is 5.62. The molecule has 0 atom stereocenters. The van der Waals surface area contributed by atoms with Crippen molar-refractivity contribution in [1.82, 2.24) is 0 Å². The Bertz CT molecular complexity index is 912. The summed E-state index contributed by atoms with van der Waals surface area (Å²) in [5, 5.41) is 9.72. The van der Waals surface area contributed by atoms with Gasteiger partial charge in [0.15, 0.2) is 0 Å². The van der Waals surface area contributed by atoms with Gasteiger partial charge in [-0.3, -0.25) is 0 Å². The van der Waals surface area contributed by atoms with Crippen LogP contribution < -0.4 is 9.47 Å². The number of carboxylic acids is 1. The second-order valence-electron chi connectivity index (χ2n) is 10.8. The number of benzene rings is 2. The molecule has 4 nitrogen and oxygen atoms in total. The number of hydrogen-bond donors (Lipinski definition) is 1. The molecule has 3 rings (SSSR count). The normalized spacial score (nSPS) is 17.5. The first-order valence-electron chi connectivity index (χ1n) is 14.8. The van der Waals surface area contributed by atoms with Crippen LogP contribution in [0.3, 0.4) is 0 Å². The van der Waals surface area contributed by atoms with Gasteiger partial charge in [-0.15, -0.1) is 0 Å². The lowest BCUT2D eigenvalue weighted by Gasteiger charge is -2.28. The van der Waals surface area contributed by atoms with E-state index in [1.165, 1.54) is 77.0 Å². The molecule has 0 unspecified atom stereocenters. The molecule has 0 bridgehead atoms. The predicted molar refractivity (Wildman–Crippen MR) is 153 cm³/mol. The van der Waals surface area contributed by atoms with E-state index < -0.39 is 5.97 Å². The van der Waals surface area contributed by atoms with Gasteiger partial charge in [0.2, 0.25) is 0 Å². The first-order valence-corrected chi connectivity index (χ1v) is 14.8. The quantitative estimate of drug-likeness (QED) is 0.216. The van der Waals surface area contributed by atoms with Crippen molar-refractivity contribution in [2.75, 3.05) is 13.2 Å². The van der Waals surface area contributed by atoms with Gasteiger partial charge < -0.3 is 14.6 Å². The van der Waals surface area contributed by atoms with Gasteiger partial charge in [0.1, 0.15) is 11.5 Å². The van der Waals surface area contributed by atoms with Gasteiger partial charge in [0.05, 0.1) is 18.8 Å². The summed E-state index contributed by atoms with van der Waals surface area (Å²) in [6.07, 6.45) is 17.9. The van der Waals surface area contributed by atoms with E-state index in [0.29, 0.717) is 12.2 Å². The Morgan fingerprint density at radius 2 is 1.32 bits per heavy atom. The molecular weight excluding hydrogens is 460 g/mol. The number of unbranched alkanes of at least 4 members (excludes halogenated alkanes) is 5. The van der Waals surface area contributed by atoms with E-state index in [0.717, 1.165) is 48.3 Å². The Morgan fingerprint density at radius 1 is 0.730 bits per heavy atom. The summed E-state index contributed by atoms with van der Waals surface area (Å²) in [4.78, 5) is 11.8. The maximum atomic E-state index is 11.8. The van der Waals surface area contributed by atoms with Crippen LogP contribution in [-0.4, -0.2) is 24.3 Å². The minimum Gasteiger partial charge on any atom is -0.494 e. The van der Waals surface area contributed by atoms with Crippen LogP contribution in [-0.2, 0) is 0 Å². The molecule has 0 saturated heterocycles. The van der Waals surface area contributed by atoms with Gasteiger partial charge in [-0.05, 0) is 72.6 Å². The smallest absolute Gasteiger partial charge is 0.336 e. The fraction of sp³-hybridized carbons (Fsp3) is 0.606. The Kier molecular flexibility index (Phi) is 12.9.